The normalized spacial score (nSPS) is 11.4. The molecule has 1 heterocycles. The first-order valence-electron chi connectivity index (χ1n) is 10.9. The topological polar surface area (TPSA) is 7.94 Å². The summed E-state index contributed by atoms with van der Waals surface area (Å²) in [6.45, 7) is 4.66. The third-order valence-electron chi connectivity index (χ3n) is 5.69. The third-order valence-corrected chi connectivity index (χ3v) is 12.8. The Morgan fingerprint density at radius 1 is 0.750 bits per heavy atom. The summed E-state index contributed by atoms with van der Waals surface area (Å²) in [7, 11) is 4.21. The first kappa shape index (κ1) is 22.6. The maximum absolute atomic E-state index is 2.42. The van der Waals surface area contributed by atoms with E-state index in [1.165, 1.54) is 38.6 Å². The van der Waals surface area contributed by atoms with Crippen LogP contribution in [-0.4, -0.2) is 28.8 Å². The molecule has 0 aliphatic rings. The Kier molecular flexibility index (Phi) is 6.69. The second kappa shape index (κ2) is 9.48. The van der Waals surface area contributed by atoms with Crippen molar-refractivity contribution in [3.05, 3.63) is 108 Å². The lowest BCUT2D eigenvalue weighted by atomic mass is 10.2. The summed E-state index contributed by atoms with van der Waals surface area (Å²) in [5.41, 5.74) is 7.35. The molecule has 0 radical (unpaired) electrons. The average molecular weight is 459 g/mol. The fraction of sp³-hybridized carbons (Fsp3) is 0.179. The molecule has 4 aromatic rings. The van der Waals surface area contributed by atoms with E-state index in [1.54, 1.807) is 0 Å². The summed E-state index contributed by atoms with van der Waals surface area (Å²) in [5.74, 6) is 0. The van der Waals surface area contributed by atoms with Crippen molar-refractivity contribution in [2.24, 2.45) is 0 Å². The van der Waals surface area contributed by atoms with Crippen molar-refractivity contribution in [1.29, 1.82) is 0 Å². The standard InChI is InChI=1S/C28H31N2PS/c1-22-16-18-25(19-17-22)30-23(2)20-28(24(30)3)31(32-21-29(4)5,26-12-8-6-9-13-26)27-14-10-7-11-15-27/h6-21H,1-5H3/q+2. The van der Waals surface area contributed by atoms with Crippen LogP contribution in [0.3, 0.4) is 0 Å². The van der Waals surface area contributed by atoms with Gasteiger partial charge in [-0.2, -0.15) is 0 Å². The second-order valence-electron chi connectivity index (χ2n) is 8.38. The van der Waals surface area contributed by atoms with E-state index in [9.17, 15) is 0 Å². The minimum Gasteiger partial charge on any atom is -0.314 e. The Labute approximate surface area is 196 Å². The Bertz CT molecular complexity index is 1180. The highest BCUT2D eigenvalue weighted by atomic mass is 32.7. The highest BCUT2D eigenvalue weighted by molar-refractivity contribution is 8.74. The summed E-state index contributed by atoms with van der Waals surface area (Å²) in [6.07, 6.45) is 0. The SMILES string of the molecule is Cc1ccc(-n2c(C)cc([P+](SC=[N+](C)C)(c3ccccc3)c3ccccc3)c2C)cc1. The number of hydrogen-bond donors (Lipinski definition) is 0. The molecule has 4 rings (SSSR count). The maximum atomic E-state index is 2.42. The molecule has 0 bridgehead atoms. The minimum atomic E-state index is -1.98. The third kappa shape index (κ3) is 4.20. The molecular formula is C28H31N2PS+2. The number of aromatic nitrogens is 1. The van der Waals surface area contributed by atoms with Gasteiger partial charge in [0.15, 0.2) is 6.46 Å². The van der Waals surface area contributed by atoms with E-state index in [2.05, 4.69) is 141 Å². The van der Waals surface area contributed by atoms with Crippen molar-refractivity contribution in [2.75, 3.05) is 14.1 Å². The molecule has 0 N–H and O–H groups in total. The van der Waals surface area contributed by atoms with Gasteiger partial charge in [-0.05, 0) is 57.2 Å². The predicted octanol–water partition coefficient (Wildman–Crippen LogP) is 5.65. The van der Waals surface area contributed by atoms with Gasteiger partial charge in [-0.25, -0.2) is 4.58 Å². The summed E-state index contributed by atoms with van der Waals surface area (Å²) >= 11 is 1.97. The predicted molar refractivity (Wildman–Crippen MR) is 144 cm³/mol. The lowest BCUT2D eigenvalue weighted by Gasteiger charge is -2.23. The molecule has 0 spiro atoms. The molecule has 32 heavy (non-hydrogen) atoms. The number of nitrogens with zero attached hydrogens (tertiary/aromatic N) is 2. The molecule has 3 aromatic carbocycles. The molecule has 0 saturated carbocycles. The van der Waals surface area contributed by atoms with Crippen LogP contribution in [-0.2, 0) is 0 Å². The number of benzene rings is 3. The molecule has 0 atom stereocenters. The van der Waals surface area contributed by atoms with Crippen LogP contribution in [0.5, 0.6) is 0 Å². The zero-order valence-electron chi connectivity index (χ0n) is 19.5. The van der Waals surface area contributed by atoms with E-state index < -0.39 is 6.46 Å². The Balaban J connectivity index is 2.04. The van der Waals surface area contributed by atoms with E-state index in [1.807, 2.05) is 11.4 Å². The molecule has 0 fully saturated rings. The van der Waals surface area contributed by atoms with Crippen molar-refractivity contribution >= 4 is 39.3 Å². The van der Waals surface area contributed by atoms with Crippen molar-refractivity contribution < 1.29 is 4.58 Å². The van der Waals surface area contributed by atoms with Crippen molar-refractivity contribution in [3.63, 3.8) is 0 Å². The fourth-order valence-electron chi connectivity index (χ4n) is 4.20. The maximum Gasteiger partial charge on any atom is 0.237 e. The summed E-state index contributed by atoms with van der Waals surface area (Å²) < 4.78 is 4.57. The molecule has 4 heteroatoms. The Hall–Kier alpha value is -2.61. The van der Waals surface area contributed by atoms with E-state index in [0.717, 1.165) is 0 Å². The van der Waals surface area contributed by atoms with Crippen LogP contribution < -0.4 is 15.9 Å². The molecular weight excluding hydrogens is 427 g/mol. The zero-order valence-corrected chi connectivity index (χ0v) is 21.2. The van der Waals surface area contributed by atoms with Crippen LogP contribution in [0.2, 0.25) is 0 Å². The van der Waals surface area contributed by atoms with Crippen molar-refractivity contribution in [3.8, 4) is 5.69 Å². The largest absolute Gasteiger partial charge is 0.314 e. The van der Waals surface area contributed by atoms with Gasteiger partial charge in [0, 0.05) is 17.4 Å². The summed E-state index contributed by atoms with van der Waals surface area (Å²) in [6, 6.07) is 33.4. The van der Waals surface area contributed by atoms with Crippen LogP contribution >= 0.6 is 17.8 Å². The molecule has 1 aromatic heterocycles. The van der Waals surface area contributed by atoms with Gasteiger partial charge in [0.05, 0.1) is 5.69 Å². The molecule has 2 nitrogen and oxygen atoms in total. The lowest BCUT2D eigenvalue weighted by molar-refractivity contribution is -0.456. The lowest BCUT2D eigenvalue weighted by Crippen LogP contribution is -2.30. The summed E-state index contributed by atoms with van der Waals surface area (Å²) in [5, 5.41) is 4.20. The molecule has 0 aliphatic carbocycles. The number of hydrogen-bond acceptors (Lipinski definition) is 1. The highest BCUT2D eigenvalue weighted by Gasteiger charge is 2.50. The van der Waals surface area contributed by atoms with Crippen LogP contribution in [0.4, 0.5) is 0 Å². The molecule has 162 valence electrons. The van der Waals surface area contributed by atoms with Gasteiger partial charge in [0.2, 0.25) is 5.55 Å². The summed E-state index contributed by atoms with van der Waals surface area (Å²) in [4.78, 5) is 0. The van der Waals surface area contributed by atoms with E-state index >= 15 is 0 Å². The van der Waals surface area contributed by atoms with Crippen LogP contribution in [0.1, 0.15) is 17.0 Å². The average Bonchev–Trinajstić information content (AvgIpc) is 3.10. The number of aryl methyl sites for hydroxylation is 2. The van der Waals surface area contributed by atoms with E-state index in [4.69, 9.17) is 0 Å². The van der Waals surface area contributed by atoms with Crippen molar-refractivity contribution in [2.45, 2.75) is 20.8 Å². The molecule has 0 saturated heterocycles. The molecule has 0 amide bonds. The first-order valence-corrected chi connectivity index (χ1v) is 14.2. The quantitative estimate of drug-likeness (QED) is 0.157. The Morgan fingerprint density at radius 3 is 1.78 bits per heavy atom. The van der Waals surface area contributed by atoms with Gasteiger partial charge in [-0.3, -0.25) is 0 Å². The van der Waals surface area contributed by atoms with Gasteiger partial charge in [0.1, 0.15) is 41.4 Å². The van der Waals surface area contributed by atoms with Gasteiger partial charge >= 0.3 is 0 Å². The van der Waals surface area contributed by atoms with Crippen LogP contribution in [0.15, 0.2) is 91.0 Å². The molecule has 0 unspecified atom stereocenters. The first-order chi connectivity index (χ1) is 15.4. The van der Waals surface area contributed by atoms with E-state index in [-0.39, 0.29) is 0 Å². The highest BCUT2D eigenvalue weighted by Crippen LogP contribution is 2.66. The second-order valence-corrected chi connectivity index (χ2v) is 13.8. The van der Waals surface area contributed by atoms with Gasteiger partial charge in [0.25, 0.3) is 0 Å². The van der Waals surface area contributed by atoms with E-state index in [0.29, 0.717) is 0 Å². The smallest absolute Gasteiger partial charge is 0.237 e. The van der Waals surface area contributed by atoms with Gasteiger partial charge in [-0.1, -0.05) is 54.1 Å². The zero-order chi connectivity index (χ0) is 22.7. The van der Waals surface area contributed by atoms with Crippen LogP contribution in [0.25, 0.3) is 5.69 Å². The Morgan fingerprint density at radius 2 is 1.28 bits per heavy atom. The van der Waals surface area contributed by atoms with Crippen LogP contribution in [0, 0.1) is 20.8 Å². The monoisotopic (exact) mass is 458 g/mol. The minimum absolute atomic E-state index is 1.22. The van der Waals surface area contributed by atoms with Gasteiger partial charge < -0.3 is 4.57 Å². The number of rotatable bonds is 6. The van der Waals surface area contributed by atoms with Gasteiger partial charge in [-0.15, -0.1) is 0 Å². The fourth-order valence-corrected chi connectivity index (χ4v) is 11.2. The van der Waals surface area contributed by atoms with Crippen molar-refractivity contribution in [1.82, 2.24) is 4.57 Å². The molecule has 0 aliphatic heterocycles.